The molecular formula is C18H23N. The molecule has 0 aliphatic rings. The number of anilines is 1. The highest BCUT2D eigenvalue weighted by Gasteiger charge is 2.04. The molecule has 0 aliphatic heterocycles. The first-order valence-corrected chi connectivity index (χ1v) is 7.17. The van der Waals surface area contributed by atoms with Gasteiger partial charge in [0.15, 0.2) is 0 Å². The standard InChI is InChI=1S/C18H23N/c1-3-7-16-10-12-18(13-11-16)19-14-15(2)17-8-5-4-6-9-17/h4-6,8-13,15,19H,3,7,14H2,1-2H3. The summed E-state index contributed by atoms with van der Waals surface area (Å²) in [5, 5.41) is 3.51. The van der Waals surface area contributed by atoms with Crippen LogP contribution in [0.25, 0.3) is 0 Å². The lowest BCUT2D eigenvalue weighted by Gasteiger charge is -2.14. The fourth-order valence-corrected chi connectivity index (χ4v) is 2.25. The smallest absolute Gasteiger partial charge is 0.0340 e. The van der Waals surface area contributed by atoms with Crippen LogP contribution in [0, 0.1) is 0 Å². The van der Waals surface area contributed by atoms with Gasteiger partial charge in [0.05, 0.1) is 0 Å². The largest absolute Gasteiger partial charge is 0.384 e. The summed E-state index contributed by atoms with van der Waals surface area (Å²) in [6, 6.07) is 19.5. The predicted molar refractivity (Wildman–Crippen MR) is 83.8 cm³/mol. The van der Waals surface area contributed by atoms with E-state index in [0.29, 0.717) is 5.92 Å². The molecule has 19 heavy (non-hydrogen) atoms. The summed E-state index contributed by atoms with van der Waals surface area (Å²) in [6.45, 7) is 5.44. The van der Waals surface area contributed by atoms with Crippen molar-refractivity contribution >= 4 is 5.69 Å². The minimum absolute atomic E-state index is 0.525. The van der Waals surface area contributed by atoms with Crippen LogP contribution in [-0.2, 0) is 6.42 Å². The molecule has 0 aromatic heterocycles. The fraction of sp³-hybridized carbons (Fsp3) is 0.333. The average Bonchev–Trinajstić information content (AvgIpc) is 2.47. The Balaban J connectivity index is 1.88. The van der Waals surface area contributed by atoms with Crippen LogP contribution >= 0.6 is 0 Å². The van der Waals surface area contributed by atoms with Gasteiger partial charge in [0.2, 0.25) is 0 Å². The Bertz CT molecular complexity index is 473. The molecule has 2 rings (SSSR count). The van der Waals surface area contributed by atoms with E-state index in [2.05, 4.69) is 73.8 Å². The third-order valence-electron chi connectivity index (χ3n) is 3.47. The molecule has 1 N–H and O–H groups in total. The van der Waals surface area contributed by atoms with E-state index in [-0.39, 0.29) is 0 Å². The van der Waals surface area contributed by atoms with E-state index in [1.807, 2.05) is 0 Å². The van der Waals surface area contributed by atoms with Gasteiger partial charge in [-0.3, -0.25) is 0 Å². The molecule has 1 unspecified atom stereocenters. The molecule has 1 heteroatoms. The molecule has 0 saturated heterocycles. The van der Waals surface area contributed by atoms with Crippen molar-refractivity contribution in [2.45, 2.75) is 32.6 Å². The number of benzene rings is 2. The van der Waals surface area contributed by atoms with E-state index in [1.165, 1.54) is 29.7 Å². The topological polar surface area (TPSA) is 12.0 Å². The quantitative estimate of drug-likeness (QED) is 0.775. The van der Waals surface area contributed by atoms with Gasteiger partial charge in [-0.05, 0) is 35.6 Å². The molecule has 1 nitrogen and oxygen atoms in total. The Labute approximate surface area is 116 Å². The van der Waals surface area contributed by atoms with Crippen molar-refractivity contribution in [3.8, 4) is 0 Å². The normalized spacial score (nSPS) is 12.1. The summed E-state index contributed by atoms with van der Waals surface area (Å²) in [6.07, 6.45) is 2.37. The molecule has 2 aromatic rings. The van der Waals surface area contributed by atoms with Gasteiger partial charge in [-0.25, -0.2) is 0 Å². The molecule has 0 bridgehead atoms. The first kappa shape index (κ1) is 13.7. The summed E-state index contributed by atoms with van der Waals surface area (Å²) in [7, 11) is 0. The predicted octanol–water partition coefficient (Wildman–Crippen LogP) is 4.85. The molecular weight excluding hydrogens is 230 g/mol. The molecule has 0 saturated carbocycles. The lowest BCUT2D eigenvalue weighted by Crippen LogP contribution is -2.09. The maximum Gasteiger partial charge on any atom is 0.0340 e. The highest BCUT2D eigenvalue weighted by molar-refractivity contribution is 5.45. The monoisotopic (exact) mass is 253 g/mol. The SMILES string of the molecule is CCCc1ccc(NCC(C)c2ccccc2)cc1. The van der Waals surface area contributed by atoms with Gasteiger partial charge in [-0.15, -0.1) is 0 Å². The van der Waals surface area contributed by atoms with Crippen LogP contribution in [0.5, 0.6) is 0 Å². The third kappa shape index (κ3) is 4.13. The highest BCUT2D eigenvalue weighted by atomic mass is 14.9. The zero-order chi connectivity index (χ0) is 13.5. The molecule has 2 aromatic carbocycles. The highest BCUT2D eigenvalue weighted by Crippen LogP contribution is 2.17. The Kier molecular flexibility index (Phi) is 5.02. The van der Waals surface area contributed by atoms with Gasteiger partial charge >= 0.3 is 0 Å². The molecule has 0 aliphatic carbocycles. The van der Waals surface area contributed by atoms with Gasteiger partial charge in [0.25, 0.3) is 0 Å². The van der Waals surface area contributed by atoms with Gasteiger partial charge in [0, 0.05) is 12.2 Å². The number of nitrogens with one attached hydrogen (secondary N) is 1. The summed E-state index contributed by atoms with van der Waals surface area (Å²) < 4.78 is 0. The van der Waals surface area contributed by atoms with E-state index in [9.17, 15) is 0 Å². The van der Waals surface area contributed by atoms with Crippen molar-refractivity contribution < 1.29 is 0 Å². The first-order chi connectivity index (χ1) is 9.29. The number of rotatable bonds is 6. The fourth-order valence-electron chi connectivity index (χ4n) is 2.25. The average molecular weight is 253 g/mol. The Morgan fingerprint density at radius 1 is 0.947 bits per heavy atom. The lowest BCUT2D eigenvalue weighted by molar-refractivity contribution is 0.805. The van der Waals surface area contributed by atoms with E-state index in [4.69, 9.17) is 0 Å². The number of aryl methyl sites for hydroxylation is 1. The van der Waals surface area contributed by atoms with Gasteiger partial charge in [0.1, 0.15) is 0 Å². The number of hydrogen-bond donors (Lipinski definition) is 1. The second kappa shape index (κ2) is 6.98. The summed E-state index contributed by atoms with van der Waals surface area (Å²) in [4.78, 5) is 0. The second-order valence-corrected chi connectivity index (χ2v) is 5.14. The van der Waals surface area contributed by atoms with Crippen LogP contribution in [0.1, 0.15) is 37.3 Å². The molecule has 0 amide bonds. The van der Waals surface area contributed by atoms with Crippen LogP contribution in [0.2, 0.25) is 0 Å². The van der Waals surface area contributed by atoms with Gasteiger partial charge in [-0.1, -0.05) is 62.7 Å². The zero-order valence-corrected chi connectivity index (χ0v) is 11.9. The molecule has 100 valence electrons. The summed E-state index contributed by atoms with van der Waals surface area (Å²) in [5.74, 6) is 0.525. The zero-order valence-electron chi connectivity index (χ0n) is 11.9. The van der Waals surface area contributed by atoms with Gasteiger partial charge in [-0.2, -0.15) is 0 Å². The van der Waals surface area contributed by atoms with Crippen molar-refractivity contribution in [2.24, 2.45) is 0 Å². The maximum absolute atomic E-state index is 3.51. The van der Waals surface area contributed by atoms with Crippen molar-refractivity contribution in [3.05, 3.63) is 65.7 Å². The van der Waals surface area contributed by atoms with E-state index >= 15 is 0 Å². The molecule has 0 radical (unpaired) electrons. The third-order valence-corrected chi connectivity index (χ3v) is 3.47. The molecule has 0 fully saturated rings. The van der Waals surface area contributed by atoms with E-state index in [0.717, 1.165) is 6.54 Å². The van der Waals surface area contributed by atoms with Crippen LogP contribution < -0.4 is 5.32 Å². The molecule has 0 heterocycles. The minimum Gasteiger partial charge on any atom is -0.384 e. The first-order valence-electron chi connectivity index (χ1n) is 7.17. The van der Waals surface area contributed by atoms with Crippen LogP contribution in [0.3, 0.4) is 0 Å². The van der Waals surface area contributed by atoms with E-state index in [1.54, 1.807) is 0 Å². The Morgan fingerprint density at radius 3 is 2.26 bits per heavy atom. The lowest BCUT2D eigenvalue weighted by atomic mass is 10.0. The maximum atomic E-state index is 3.51. The van der Waals surface area contributed by atoms with Crippen molar-refractivity contribution in [1.29, 1.82) is 0 Å². The second-order valence-electron chi connectivity index (χ2n) is 5.14. The van der Waals surface area contributed by atoms with Crippen LogP contribution in [0.15, 0.2) is 54.6 Å². The number of hydrogen-bond acceptors (Lipinski definition) is 1. The Hall–Kier alpha value is -1.76. The Morgan fingerprint density at radius 2 is 1.63 bits per heavy atom. The minimum atomic E-state index is 0.525. The van der Waals surface area contributed by atoms with E-state index < -0.39 is 0 Å². The van der Waals surface area contributed by atoms with Crippen molar-refractivity contribution in [1.82, 2.24) is 0 Å². The van der Waals surface area contributed by atoms with Crippen molar-refractivity contribution in [3.63, 3.8) is 0 Å². The van der Waals surface area contributed by atoms with Crippen molar-refractivity contribution in [2.75, 3.05) is 11.9 Å². The molecule has 1 atom stereocenters. The van der Waals surface area contributed by atoms with Crippen LogP contribution in [-0.4, -0.2) is 6.54 Å². The van der Waals surface area contributed by atoms with Gasteiger partial charge < -0.3 is 5.32 Å². The summed E-state index contributed by atoms with van der Waals surface area (Å²) in [5.41, 5.74) is 4.02. The molecule has 0 spiro atoms. The summed E-state index contributed by atoms with van der Waals surface area (Å²) >= 11 is 0. The van der Waals surface area contributed by atoms with Crippen LogP contribution in [0.4, 0.5) is 5.69 Å².